The standard InChI is InChI=1S/C15H26BNO4/c1-14(2)15(3,4)21-16(20-14)10-9-17-8-6-7-11(17)12(10)13(18)19-5/h10-12H,6-9H2,1-5H3/t10-,11?,12+/m0/s1. The zero-order valence-corrected chi connectivity index (χ0v) is 13.7. The van der Waals surface area contributed by atoms with Crippen LogP contribution in [0.2, 0.25) is 5.82 Å². The lowest BCUT2D eigenvalue weighted by molar-refractivity contribution is -0.146. The summed E-state index contributed by atoms with van der Waals surface area (Å²) >= 11 is 0. The summed E-state index contributed by atoms with van der Waals surface area (Å²) in [5.41, 5.74) is -0.712. The molecule has 3 aliphatic heterocycles. The van der Waals surface area contributed by atoms with Crippen LogP contribution in [-0.2, 0) is 18.8 Å². The molecular weight excluding hydrogens is 269 g/mol. The van der Waals surface area contributed by atoms with Gasteiger partial charge in [-0.05, 0) is 47.1 Å². The highest BCUT2D eigenvalue weighted by atomic mass is 16.7. The van der Waals surface area contributed by atoms with E-state index in [1.165, 1.54) is 7.11 Å². The van der Waals surface area contributed by atoms with Crippen molar-refractivity contribution in [2.45, 2.75) is 63.6 Å². The van der Waals surface area contributed by atoms with Gasteiger partial charge in [0.1, 0.15) is 0 Å². The van der Waals surface area contributed by atoms with Gasteiger partial charge in [0.25, 0.3) is 0 Å². The molecule has 3 atom stereocenters. The van der Waals surface area contributed by atoms with Gasteiger partial charge in [-0.15, -0.1) is 0 Å². The van der Waals surface area contributed by atoms with Crippen LogP contribution in [0.1, 0.15) is 40.5 Å². The Kier molecular flexibility index (Phi) is 3.62. The predicted octanol–water partition coefficient (Wildman–Crippen LogP) is 1.72. The quantitative estimate of drug-likeness (QED) is 0.573. The molecule has 0 aromatic rings. The Labute approximate surface area is 127 Å². The summed E-state index contributed by atoms with van der Waals surface area (Å²) in [6.45, 7) is 10.1. The van der Waals surface area contributed by atoms with Crippen LogP contribution in [0, 0.1) is 5.92 Å². The summed E-state index contributed by atoms with van der Waals surface area (Å²) in [5.74, 6) is -0.194. The van der Waals surface area contributed by atoms with Crippen molar-refractivity contribution in [3.63, 3.8) is 0 Å². The molecule has 21 heavy (non-hydrogen) atoms. The molecule has 0 spiro atoms. The molecule has 0 N–H and O–H groups in total. The number of carbonyl (C=O) groups is 1. The molecule has 1 unspecified atom stereocenters. The van der Waals surface area contributed by atoms with Gasteiger partial charge < -0.3 is 14.0 Å². The highest BCUT2D eigenvalue weighted by molar-refractivity contribution is 6.48. The van der Waals surface area contributed by atoms with Crippen molar-refractivity contribution in [2.24, 2.45) is 5.92 Å². The van der Waals surface area contributed by atoms with E-state index < -0.39 is 0 Å². The van der Waals surface area contributed by atoms with Gasteiger partial charge in [-0.2, -0.15) is 0 Å². The number of carbonyl (C=O) groups excluding carboxylic acids is 1. The normalized spacial score (nSPS) is 37.8. The van der Waals surface area contributed by atoms with Gasteiger partial charge in [-0.1, -0.05) is 0 Å². The largest absolute Gasteiger partial charge is 0.469 e. The maximum absolute atomic E-state index is 12.3. The lowest BCUT2D eigenvalue weighted by atomic mass is 9.64. The highest BCUT2D eigenvalue weighted by Gasteiger charge is 2.60. The summed E-state index contributed by atoms with van der Waals surface area (Å²) < 4.78 is 17.4. The minimum Gasteiger partial charge on any atom is -0.469 e. The van der Waals surface area contributed by atoms with Crippen molar-refractivity contribution in [2.75, 3.05) is 20.2 Å². The van der Waals surface area contributed by atoms with Crippen molar-refractivity contribution >= 4 is 13.1 Å². The monoisotopic (exact) mass is 295 g/mol. The van der Waals surface area contributed by atoms with E-state index >= 15 is 0 Å². The Morgan fingerprint density at radius 3 is 2.43 bits per heavy atom. The number of hydrogen-bond acceptors (Lipinski definition) is 5. The van der Waals surface area contributed by atoms with Crippen LogP contribution >= 0.6 is 0 Å². The number of methoxy groups -OCH3 is 1. The SMILES string of the molecule is COC(=O)[C@H]1C2CCCN2C[C@@H]1B1OC(C)(C)C(C)(C)O1. The third kappa shape index (κ3) is 2.32. The van der Waals surface area contributed by atoms with Crippen LogP contribution in [0.5, 0.6) is 0 Å². The molecule has 0 amide bonds. The van der Waals surface area contributed by atoms with Gasteiger partial charge in [-0.3, -0.25) is 9.69 Å². The summed E-state index contributed by atoms with van der Waals surface area (Å²) in [4.78, 5) is 14.7. The van der Waals surface area contributed by atoms with Crippen molar-refractivity contribution in [3.05, 3.63) is 0 Å². The number of esters is 1. The second-order valence-electron chi connectivity index (χ2n) is 7.54. The van der Waals surface area contributed by atoms with Gasteiger partial charge >= 0.3 is 13.1 Å². The molecule has 118 valence electrons. The maximum atomic E-state index is 12.3. The predicted molar refractivity (Wildman–Crippen MR) is 79.9 cm³/mol. The van der Waals surface area contributed by atoms with E-state index in [4.69, 9.17) is 14.0 Å². The summed E-state index contributed by atoms with van der Waals surface area (Å²) in [5, 5.41) is 0. The van der Waals surface area contributed by atoms with Crippen LogP contribution in [0.4, 0.5) is 0 Å². The van der Waals surface area contributed by atoms with Gasteiger partial charge in [-0.25, -0.2) is 0 Å². The van der Waals surface area contributed by atoms with E-state index in [0.717, 1.165) is 25.9 Å². The third-order valence-corrected chi connectivity index (χ3v) is 5.83. The lowest BCUT2D eigenvalue weighted by Gasteiger charge is -2.32. The van der Waals surface area contributed by atoms with E-state index in [-0.39, 0.29) is 36.0 Å². The number of nitrogens with zero attached hydrogens (tertiary/aromatic N) is 1. The Morgan fingerprint density at radius 2 is 1.86 bits per heavy atom. The molecular formula is C15H26BNO4. The van der Waals surface area contributed by atoms with Gasteiger partial charge in [0, 0.05) is 18.4 Å². The van der Waals surface area contributed by atoms with Crippen molar-refractivity contribution in [3.8, 4) is 0 Å². The van der Waals surface area contributed by atoms with Crippen molar-refractivity contribution in [1.29, 1.82) is 0 Å². The molecule has 3 rings (SSSR count). The number of fused-ring (bicyclic) bond motifs is 1. The first-order chi connectivity index (χ1) is 9.77. The van der Waals surface area contributed by atoms with E-state index in [0.29, 0.717) is 6.04 Å². The average Bonchev–Trinajstić information content (AvgIpc) is 3.00. The number of hydrogen-bond donors (Lipinski definition) is 0. The molecule has 5 nitrogen and oxygen atoms in total. The van der Waals surface area contributed by atoms with E-state index in [1.54, 1.807) is 0 Å². The second kappa shape index (κ2) is 4.96. The van der Waals surface area contributed by atoms with Crippen LogP contribution in [0.25, 0.3) is 0 Å². The van der Waals surface area contributed by atoms with Crippen LogP contribution in [0.3, 0.4) is 0 Å². The highest BCUT2D eigenvalue weighted by Crippen LogP contribution is 2.48. The summed E-state index contributed by atoms with van der Waals surface area (Å²) in [6, 6.07) is 0.293. The minimum absolute atomic E-state index is 0.0591. The Morgan fingerprint density at radius 1 is 1.24 bits per heavy atom. The smallest absolute Gasteiger partial charge is 0.463 e. The second-order valence-corrected chi connectivity index (χ2v) is 7.54. The summed E-state index contributed by atoms with van der Waals surface area (Å²) in [7, 11) is 1.14. The molecule has 0 radical (unpaired) electrons. The van der Waals surface area contributed by atoms with Crippen LogP contribution < -0.4 is 0 Å². The van der Waals surface area contributed by atoms with Crippen molar-refractivity contribution < 1.29 is 18.8 Å². The third-order valence-electron chi connectivity index (χ3n) is 5.83. The fourth-order valence-corrected chi connectivity index (χ4v) is 3.94. The van der Waals surface area contributed by atoms with Crippen LogP contribution in [0.15, 0.2) is 0 Å². The van der Waals surface area contributed by atoms with E-state index in [2.05, 4.69) is 32.6 Å². The Hall–Kier alpha value is -0.585. The lowest BCUT2D eigenvalue weighted by Crippen LogP contribution is -2.41. The van der Waals surface area contributed by atoms with Gasteiger partial charge in [0.15, 0.2) is 0 Å². The average molecular weight is 295 g/mol. The summed E-state index contributed by atoms with van der Waals surface area (Å²) in [6.07, 6.45) is 2.23. The van der Waals surface area contributed by atoms with Gasteiger partial charge in [0.05, 0.1) is 24.2 Å². The van der Waals surface area contributed by atoms with E-state index in [9.17, 15) is 4.79 Å². The first kappa shape index (κ1) is 15.3. The molecule has 0 aromatic heterocycles. The molecule has 0 saturated carbocycles. The van der Waals surface area contributed by atoms with E-state index in [1.807, 2.05) is 0 Å². The molecule has 0 bridgehead atoms. The Bertz CT molecular complexity index is 423. The topological polar surface area (TPSA) is 48.0 Å². The van der Waals surface area contributed by atoms with Crippen molar-refractivity contribution in [1.82, 2.24) is 4.90 Å². The molecule has 3 fully saturated rings. The number of rotatable bonds is 2. The molecule has 6 heteroatoms. The molecule has 3 aliphatic rings. The molecule has 0 aromatic carbocycles. The fraction of sp³-hybridized carbons (Fsp3) is 0.933. The van der Waals surface area contributed by atoms with Gasteiger partial charge in [0.2, 0.25) is 0 Å². The molecule has 0 aliphatic carbocycles. The Balaban J connectivity index is 1.83. The minimum atomic E-state index is -0.356. The number of ether oxygens (including phenoxy) is 1. The molecule has 3 heterocycles. The maximum Gasteiger partial charge on any atom is 0.463 e. The first-order valence-electron chi connectivity index (χ1n) is 7.94. The van der Waals surface area contributed by atoms with Crippen LogP contribution in [-0.4, -0.2) is 55.4 Å². The molecule has 3 saturated heterocycles. The zero-order chi connectivity index (χ0) is 15.4. The first-order valence-corrected chi connectivity index (χ1v) is 7.94. The zero-order valence-electron chi connectivity index (χ0n) is 13.7. The fourth-order valence-electron chi connectivity index (χ4n) is 3.94.